The van der Waals surface area contributed by atoms with Gasteiger partial charge in [0.2, 0.25) is 19.5 Å². The summed E-state index contributed by atoms with van der Waals surface area (Å²) in [5.41, 5.74) is 15.0. The maximum absolute atomic E-state index is 13.3. The Morgan fingerprint density at radius 3 is 1.57 bits per heavy atom. The van der Waals surface area contributed by atoms with Crippen molar-refractivity contribution in [3.05, 3.63) is 120 Å². The van der Waals surface area contributed by atoms with Crippen LogP contribution in [0.3, 0.4) is 0 Å². The molecule has 0 aliphatic carbocycles. The molecule has 8 aliphatic heterocycles. The fourth-order valence-corrected chi connectivity index (χ4v) is 15.9. The van der Waals surface area contributed by atoms with E-state index in [4.69, 9.17) is 43.6 Å². The molecule has 21 nitrogen and oxygen atoms in total. The predicted octanol–water partition coefficient (Wildman–Crippen LogP) is 7.69. The molecule has 13 rings (SSSR count). The van der Waals surface area contributed by atoms with E-state index in [2.05, 4.69) is 43.1 Å². The molecule has 5 aromatic rings. The Morgan fingerprint density at radius 2 is 1.13 bits per heavy atom. The lowest BCUT2D eigenvalue weighted by Gasteiger charge is -2.60. The number of piperazine rings is 2. The molecule has 8 heterocycles. The highest BCUT2D eigenvalue weighted by molar-refractivity contribution is 5.92. The van der Waals surface area contributed by atoms with Gasteiger partial charge < -0.3 is 59.2 Å². The molecular formula is C66H69F3N8O13. The summed E-state index contributed by atoms with van der Waals surface area (Å²) < 4.78 is 86.4. The highest BCUT2D eigenvalue weighted by Gasteiger charge is 2.59. The molecule has 10 atom stereocenters. The zero-order valence-electron chi connectivity index (χ0n) is 51.3. The number of aryl methyl sites for hydroxylation is 2. The highest BCUT2D eigenvalue weighted by Crippen LogP contribution is 2.61. The number of likely N-dealkylation sites (N-methyl/N-ethyl adjacent to an activating group) is 2. The fraction of sp³-hybridized carbons (Fsp3) is 0.439. The van der Waals surface area contributed by atoms with Gasteiger partial charge in [0.1, 0.15) is 23.6 Å². The Labute approximate surface area is 517 Å². The lowest BCUT2D eigenvalue weighted by molar-refractivity contribution is -0.137. The first-order chi connectivity index (χ1) is 43.0. The SMILES string of the molecule is COc1c(C)cc2c(c1O)[C@@H]1C3Cc4c(OC(C)=O)c(C)c5c(c4[C@H](CN)N3[C@@H](C#N)[C@H](C2)N1C)OCO5.COc1c(C)cc2c(c1O)[C@@H]1C3Cc4c(OC(C)=O)c(C)c5c(c4[C@H](CNC(=O)/C=C/c4cccc(C(F)(F)F)c4)N3[C@@H](C#N)[C@H](C2)N1C)OCO5. The number of alkyl halides is 3. The zero-order chi connectivity index (χ0) is 64.3. The van der Waals surface area contributed by atoms with E-state index in [1.54, 1.807) is 14.0 Å². The first-order valence-electron chi connectivity index (χ1n) is 29.6. The number of halogens is 3. The number of hydrogen-bond donors (Lipinski definition) is 4. The number of nitrogens with two attached hydrogens (primary N) is 1. The second kappa shape index (κ2) is 23.2. The maximum atomic E-state index is 13.3. The van der Waals surface area contributed by atoms with E-state index in [1.165, 1.54) is 39.2 Å². The number of phenolic OH excluding ortho intramolecular Hbond substituents is 2. The van der Waals surface area contributed by atoms with Crippen LogP contribution in [0.2, 0.25) is 0 Å². The summed E-state index contributed by atoms with van der Waals surface area (Å²) in [7, 11) is 6.99. The highest BCUT2D eigenvalue weighted by atomic mass is 19.4. The second-order valence-corrected chi connectivity index (χ2v) is 24.1. The van der Waals surface area contributed by atoms with Crippen molar-refractivity contribution in [3.63, 3.8) is 0 Å². The minimum atomic E-state index is -4.54. The van der Waals surface area contributed by atoms with Gasteiger partial charge in [-0.05, 0) is 113 Å². The van der Waals surface area contributed by atoms with Crippen LogP contribution in [0.4, 0.5) is 13.2 Å². The lowest BCUT2D eigenvalue weighted by Crippen LogP contribution is -2.68. The molecule has 1 amide bonds. The number of amides is 1. The van der Waals surface area contributed by atoms with Crippen LogP contribution in [-0.4, -0.2) is 139 Å². The van der Waals surface area contributed by atoms with Crippen LogP contribution in [-0.2, 0) is 46.2 Å². The molecule has 472 valence electrons. The summed E-state index contributed by atoms with van der Waals surface area (Å²) in [5, 5.41) is 47.4. The Balaban J connectivity index is 0.000000183. The predicted molar refractivity (Wildman–Crippen MR) is 317 cm³/mol. The monoisotopic (exact) mass is 1240 g/mol. The van der Waals surface area contributed by atoms with Gasteiger partial charge in [-0.25, -0.2) is 0 Å². The first-order valence-corrected chi connectivity index (χ1v) is 29.6. The molecule has 2 saturated heterocycles. The smallest absolute Gasteiger partial charge is 0.416 e. The minimum absolute atomic E-state index is 0.0145. The van der Waals surface area contributed by atoms with Crippen molar-refractivity contribution in [1.29, 1.82) is 10.5 Å². The number of benzene rings is 5. The van der Waals surface area contributed by atoms with Crippen molar-refractivity contribution in [2.45, 2.75) is 134 Å². The number of nitriles is 2. The molecule has 90 heavy (non-hydrogen) atoms. The average Bonchev–Trinajstić information content (AvgIpc) is 0.886. The third-order valence-corrected chi connectivity index (χ3v) is 19.4. The van der Waals surface area contributed by atoms with Gasteiger partial charge in [0.05, 0.1) is 56.1 Å². The average molecular weight is 1240 g/mol. The molecule has 4 bridgehead atoms. The van der Waals surface area contributed by atoms with Crippen molar-refractivity contribution >= 4 is 23.9 Å². The quantitative estimate of drug-likeness (QED) is 0.0626. The number of nitrogens with one attached hydrogen (secondary N) is 1. The van der Waals surface area contributed by atoms with Gasteiger partial charge in [-0.15, -0.1) is 0 Å². The molecule has 8 aliphatic rings. The summed E-state index contributed by atoms with van der Waals surface area (Å²) >= 11 is 0. The van der Waals surface area contributed by atoms with Crippen LogP contribution in [0.25, 0.3) is 6.08 Å². The minimum Gasteiger partial charge on any atom is -0.504 e. The van der Waals surface area contributed by atoms with Crippen LogP contribution in [0.1, 0.15) is 116 Å². The number of phenols is 2. The van der Waals surface area contributed by atoms with Crippen molar-refractivity contribution in [3.8, 4) is 69.6 Å². The number of methoxy groups -OCH3 is 2. The van der Waals surface area contributed by atoms with Crippen LogP contribution in [0.15, 0.2) is 42.5 Å². The van der Waals surface area contributed by atoms with Gasteiger partial charge in [0, 0.05) is 102 Å². The van der Waals surface area contributed by atoms with E-state index in [0.717, 1.165) is 57.2 Å². The Bertz CT molecular complexity index is 3960. The maximum Gasteiger partial charge on any atom is 0.416 e. The van der Waals surface area contributed by atoms with E-state index in [1.807, 2.05) is 40.9 Å². The van der Waals surface area contributed by atoms with Crippen LogP contribution >= 0.6 is 0 Å². The van der Waals surface area contributed by atoms with E-state index in [9.17, 15) is 48.3 Å². The molecule has 0 spiro atoms. The fourth-order valence-electron chi connectivity index (χ4n) is 15.9. The zero-order valence-corrected chi connectivity index (χ0v) is 51.3. The molecule has 2 unspecified atom stereocenters. The second-order valence-electron chi connectivity index (χ2n) is 24.1. The number of carbonyl (C=O) groups is 3. The summed E-state index contributed by atoms with van der Waals surface area (Å²) in [6, 6.07) is 9.70. The van der Waals surface area contributed by atoms with Gasteiger partial charge in [-0.3, -0.25) is 34.0 Å². The van der Waals surface area contributed by atoms with Crippen LogP contribution in [0.5, 0.6) is 57.5 Å². The number of aromatic hydroxyl groups is 2. The molecule has 0 radical (unpaired) electrons. The van der Waals surface area contributed by atoms with Gasteiger partial charge in [0.25, 0.3) is 0 Å². The number of nitrogens with zero attached hydrogens (tertiary/aromatic N) is 6. The van der Waals surface area contributed by atoms with Gasteiger partial charge in [-0.2, -0.15) is 23.7 Å². The standard InChI is InChI=1S/C38H37F3N4O7.C28H32N4O6/c1-18-11-22-13-25-27(15-42)45-26(32(44(25)4)30(22)33(48)34(18)49-5)14-24-31(37-36(50-17-51-37)19(2)35(24)52-20(3)46)28(45)16-43-29(47)10-9-21-7-6-8-23(12-21)38(39,40)41;1-12-6-15-7-17-19(9-29)32-18(23(31(17)4)21(15)24(34)25(12)35-5)8-16-22(20(32)10-30)28-27(36-11-37-28)13(2)26(16)38-14(3)33/h6-12,25-28,32,48H,13-14,16-17H2,1-5H3,(H,43,47);6,17-20,23,34H,7-8,10-11,30H2,1-5H3/b10-9+;/t25-,26?,27-,28-,32-;17-,18?,19-,20-,23-/m00/s1. The van der Waals surface area contributed by atoms with E-state index >= 15 is 0 Å². The third kappa shape index (κ3) is 9.73. The first kappa shape index (κ1) is 61.5. The van der Waals surface area contributed by atoms with Crippen LogP contribution < -0.4 is 48.9 Å². The van der Waals surface area contributed by atoms with Gasteiger partial charge in [0.15, 0.2) is 46.0 Å². The van der Waals surface area contributed by atoms with Crippen molar-refractivity contribution < 1.29 is 75.7 Å². The summed E-state index contributed by atoms with van der Waals surface area (Å²) in [6.45, 7) is 10.2. The number of rotatable bonds is 9. The van der Waals surface area contributed by atoms with Gasteiger partial charge >= 0.3 is 18.1 Å². The van der Waals surface area contributed by atoms with E-state index in [0.29, 0.717) is 93.1 Å². The molecule has 2 fully saturated rings. The summed E-state index contributed by atoms with van der Waals surface area (Å²) in [5.74, 6) is 2.10. The largest absolute Gasteiger partial charge is 0.504 e. The number of carbonyl (C=O) groups excluding carboxylic acids is 3. The molecule has 0 saturated carbocycles. The third-order valence-electron chi connectivity index (χ3n) is 19.4. The van der Waals surface area contributed by atoms with E-state index < -0.39 is 59.8 Å². The van der Waals surface area contributed by atoms with Crippen molar-refractivity contribution in [1.82, 2.24) is 24.9 Å². The van der Waals surface area contributed by atoms with Crippen LogP contribution in [0, 0.1) is 50.4 Å². The van der Waals surface area contributed by atoms with Crippen molar-refractivity contribution in [2.24, 2.45) is 5.73 Å². The number of hydrogen-bond acceptors (Lipinski definition) is 20. The van der Waals surface area contributed by atoms with E-state index in [-0.39, 0.29) is 80.4 Å². The Morgan fingerprint density at radius 1 is 0.678 bits per heavy atom. The summed E-state index contributed by atoms with van der Waals surface area (Å²) in [6.07, 6.45) is -0.276. The molecule has 5 N–H and O–H groups in total. The Hall–Kier alpha value is -8.78. The molecular weight excluding hydrogens is 1170 g/mol. The normalized spacial score (nSPS) is 24.9. The van der Waals surface area contributed by atoms with Gasteiger partial charge in [-0.1, -0.05) is 24.3 Å². The summed E-state index contributed by atoms with van der Waals surface area (Å²) in [4.78, 5) is 46.6. The molecule has 5 aromatic carbocycles. The Kier molecular flexibility index (Phi) is 15.9. The number of ether oxygens (including phenoxy) is 8. The number of fused-ring (bicyclic) bond motifs is 18. The number of esters is 2. The van der Waals surface area contributed by atoms with Crippen molar-refractivity contribution in [2.75, 3.05) is 55.0 Å². The topological polar surface area (TPSA) is 264 Å². The molecule has 24 heteroatoms. The lowest BCUT2D eigenvalue weighted by atomic mass is 9.71. The molecule has 0 aromatic heterocycles.